The highest BCUT2D eigenvalue weighted by Gasteiger charge is 2.20. The number of anilines is 1. The van der Waals surface area contributed by atoms with E-state index in [9.17, 15) is 14.4 Å². The highest BCUT2D eigenvalue weighted by Crippen LogP contribution is 2.34. The summed E-state index contributed by atoms with van der Waals surface area (Å²) in [6, 6.07) is 8.38. The van der Waals surface area contributed by atoms with E-state index in [1.165, 1.54) is 6.07 Å². The van der Waals surface area contributed by atoms with E-state index >= 15 is 0 Å². The zero-order valence-corrected chi connectivity index (χ0v) is 17.7. The lowest BCUT2D eigenvalue weighted by molar-refractivity contribution is -0.115. The Hall–Kier alpha value is -3.87. The minimum absolute atomic E-state index is 0.196. The van der Waals surface area contributed by atoms with Crippen LogP contribution in [-0.2, 0) is 11.2 Å². The molecule has 31 heavy (non-hydrogen) atoms. The van der Waals surface area contributed by atoms with E-state index in [4.69, 9.17) is 14.6 Å². The van der Waals surface area contributed by atoms with Gasteiger partial charge in [0.2, 0.25) is 5.91 Å². The number of para-hydroxylation sites is 1. The summed E-state index contributed by atoms with van der Waals surface area (Å²) in [5, 5.41) is 4.37. The Kier molecular flexibility index (Phi) is 4.89. The molecule has 2 aromatic heterocycles. The minimum Gasteiger partial charge on any atom is -0.461 e. The van der Waals surface area contributed by atoms with E-state index in [2.05, 4.69) is 5.32 Å². The lowest BCUT2D eigenvalue weighted by Crippen LogP contribution is -2.22. The summed E-state index contributed by atoms with van der Waals surface area (Å²) in [5.74, 6) is -0.291. The fourth-order valence-electron chi connectivity index (χ4n) is 3.86. The van der Waals surface area contributed by atoms with E-state index < -0.39 is 17.4 Å². The molecule has 2 amide bonds. The Morgan fingerprint density at radius 2 is 1.58 bits per heavy atom. The summed E-state index contributed by atoms with van der Waals surface area (Å²) in [6.07, 6.45) is -0.197. The van der Waals surface area contributed by atoms with Crippen molar-refractivity contribution in [1.29, 1.82) is 0 Å². The highest BCUT2D eigenvalue weighted by atomic mass is 16.4. The van der Waals surface area contributed by atoms with Crippen molar-refractivity contribution < 1.29 is 18.4 Å². The third-order valence-corrected chi connectivity index (χ3v) is 5.75. The molecular formula is C24H22N2O5. The van der Waals surface area contributed by atoms with Crippen molar-refractivity contribution in [3.8, 4) is 0 Å². The van der Waals surface area contributed by atoms with Crippen LogP contribution in [0.3, 0.4) is 0 Å². The number of benzene rings is 2. The molecule has 0 unspecified atom stereocenters. The number of nitrogens with one attached hydrogen (secondary N) is 1. The molecule has 0 radical (unpaired) electrons. The molecule has 7 nitrogen and oxygen atoms in total. The highest BCUT2D eigenvalue weighted by molar-refractivity contribution is 6.04. The van der Waals surface area contributed by atoms with Gasteiger partial charge in [0, 0.05) is 16.3 Å². The molecule has 0 saturated heterocycles. The number of aryl methyl sites for hydroxylation is 4. The molecule has 0 saturated carbocycles. The number of furan rings is 1. The first kappa shape index (κ1) is 20.4. The lowest BCUT2D eigenvalue weighted by Gasteiger charge is -2.11. The normalized spacial score (nSPS) is 11.2. The smallest absolute Gasteiger partial charge is 0.340 e. The van der Waals surface area contributed by atoms with Crippen molar-refractivity contribution in [2.75, 3.05) is 5.32 Å². The molecule has 0 aliphatic rings. The largest absolute Gasteiger partial charge is 0.461 e. The molecule has 158 valence electrons. The van der Waals surface area contributed by atoms with Gasteiger partial charge in [-0.05, 0) is 57.0 Å². The van der Waals surface area contributed by atoms with Crippen LogP contribution in [0, 0.1) is 27.7 Å². The predicted octanol–water partition coefficient (Wildman–Crippen LogP) is 4.05. The zero-order valence-electron chi connectivity index (χ0n) is 17.7. The fourth-order valence-corrected chi connectivity index (χ4v) is 3.86. The van der Waals surface area contributed by atoms with Crippen molar-refractivity contribution in [1.82, 2.24) is 0 Å². The molecule has 4 rings (SSSR count). The maximum Gasteiger partial charge on any atom is 0.340 e. The molecule has 2 heterocycles. The van der Waals surface area contributed by atoms with Crippen LogP contribution in [0.4, 0.5) is 5.69 Å². The van der Waals surface area contributed by atoms with Gasteiger partial charge in [-0.3, -0.25) is 9.59 Å². The second kappa shape index (κ2) is 7.43. The number of hydrogen-bond donors (Lipinski definition) is 2. The Balaban J connectivity index is 1.77. The van der Waals surface area contributed by atoms with Crippen LogP contribution < -0.4 is 16.7 Å². The van der Waals surface area contributed by atoms with Gasteiger partial charge in [0.05, 0.1) is 23.2 Å². The molecule has 0 bridgehead atoms. The molecule has 2 aromatic carbocycles. The maximum atomic E-state index is 12.7. The van der Waals surface area contributed by atoms with E-state index in [-0.39, 0.29) is 17.5 Å². The maximum absolute atomic E-state index is 12.7. The molecular weight excluding hydrogens is 396 g/mol. The van der Waals surface area contributed by atoms with Crippen molar-refractivity contribution in [3.05, 3.63) is 74.3 Å². The van der Waals surface area contributed by atoms with Gasteiger partial charge >= 0.3 is 5.63 Å². The number of rotatable bonds is 4. The van der Waals surface area contributed by atoms with Crippen molar-refractivity contribution in [3.63, 3.8) is 0 Å². The summed E-state index contributed by atoms with van der Waals surface area (Å²) < 4.78 is 11.5. The molecule has 7 heteroatoms. The first-order chi connectivity index (χ1) is 14.7. The number of amides is 2. The lowest BCUT2D eigenvalue weighted by atomic mass is 9.98. The Morgan fingerprint density at radius 3 is 2.29 bits per heavy atom. The summed E-state index contributed by atoms with van der Waals surface area (Å²) in [4.78, 5) is 37.0. The van der Waals surface area contributed by atoms with Crippen LogP contribution in [0.2, 0.25) is 0 Å². The molecule has 0 aliphatic carbocycles. The number of nitrogens with two attached hydrogens (primary N) is 1. The van der Waals surface area contributed by atoms with Crippen molar-refractivity contribution >= 4 is 39.4 Å². The average molecular weight is 418 g/mol. The van der Waals surface area contributed by atoms with Crippen molar-refractivity contribution in [2.45, 2.75) is 34.1 Å². The third kappa shape index (κ3) is 3.38. The topological polar surface area (TPSA) is 116 Å². The van der Waals surface area contributed by atoms with Gasteiger partial charge < -0.3 is 19.9 Å². The molecule has 0 spiro atoms. The second-order valence-electron chi connectivity index (χ2n) is 7.67. The van der Waals surface area contributed by atoms with Crippen LogP contribution in [0.5, 0.6) is 0 Å². The number of hydrogen-bond acceptors (Lipinski definition) is 5. The van der Waals surface area contributed by atoms with Crippen LogP contribution in [0.1, 0.15) is 38.4 Å². The molecule has 0 atom stereocenters. The number of fused-ring (bicyclic) bond motifs is 2. The Morgan fingerprint density at radius 1 is 0.935 bits per heavy atom. The summed E-state index contributed by atoms with van der Waals surface area (Å²) in [7, 11) is 0. The fraction of sp³-hybridized carbons (Fsp3) is 0.208. The molecule has 0 aliphatic heterocycles. The number of carbonyl (C=O) groups is 2. The zero-order chi connectivity index (χ0) is 22.4. The first-order valence-corrected chi connectivity index (χ1v) is 9.83. The molecule has 4 aromatic rings. The van der Waals surface area contributed by atoms with Crippen LogP contribution in [0.25, 0.3) is 21.9 Å². The van der Waals surface area contributed by atoms with Crippen LogP contribution >= 0.6 is 0 Å². The Bertz CT molecular complexity index is 1440. The van der Waals surface area contributed by atoms with E-state index in [1.54, 1.807) is 25.1 Å². The predicted molar refractivity (Wildman–Crippen MR) is 118 cm³/mol. The van der Waals surface area contributed by atoms with Crippen LogP contribution in [-0.4, -0.2) is 11.8 Å². The van der Waals surface area contributed by atoms with E-state index in [0.717, 1.165) is 27.7 Å². The average Bonchev–Trinajstić information content (AvgIpc) is 3.01. The van der Waals surface area contributed by atoms with Gasteiger partial charge in [-0.25, -0.2) is 4.79 Å². The van der Waals surface area contributed by atoms with Gasteiger partial charge in [0.15, 0.2) is 0 Å². The summed E-state index contributed by atoms with van der Waals surface area (Å²) in [5.41, 5.74) is 9.13. The molecule has 0 fully saturated rings. The van der Waals surface area contributed by atoms with Gasteiger partial charge in [0.1, 0.15) is 16.9 Å². The van der Waals surface area contributed by atoms with Gasteiger partial charge in [-0.15, -0.1) is 0 Å². The summed E-state index contributed by atoms with van der Waals surface area (Å²) in [6.45, 7) is 7.52. The minimum atomic E-state index is -0.650. The van der Waals surface area contributed by atoms with E-state index in [0.29, 0.717) is 22.4 Å². The van der Waals surface area contributed by atoms with Gasteiger partial charge in [-0.2, -0.15) is 0 Å². The van der Waals surface area contributed by atoms with E-state index in [1.807, 2.05) is 26.8 Å². The monoisotopic (exact) mass is 418 g/mol. The van der Waals surface area contributed by atoms with Gasteiger partial charge in [-0.1, -0.05) is 12.1 Å². The molecule has 3 N–H and O–H groups in total. The Labute approximate surface area is 177 Å². The number of carbonyl (C=O) groups excluding carboxylic acids is 2. The summed E-state index contributed by atoms with van der Waals surface area (Å²) >= 11 is 0. The second-order valence-corrected chi connectivity index (χ2v) is 7.67. The standard InChI is InChI=1S/C24H22N2O5/c1-11-14(4)30-21-13(3)22-17(9-16(11)21)12(2)18(24(29)31-22)10-20(27)26-19-8-6-5-7-15(19)23(25)28/h5-9H,10H2,1-4H3,(H2,25,28)(H,26,27). The SMILES string of the molecule is Cc1oc2c(C)c3oc(=O)c(CC(=O)Nc4ccccc4C(N)=O)c(C)c3cc2c1C. The third-order valence-electron chi connectivity index (χ3n) is 5.75. The van der Waals surface area contributed by atoms with Crippen molar-refractivity contribution in [2.24, 2.45) is 5.73 Å². The van der Waals surface area contributed by atoms with Gasteiger partial charge in [0.25, 0.3) is 5.91 Å². The quantitative estimate of drug-likeness (QED) is 0.485. The van der Waals surface area contributed by atoms with Crippen LogP contribution in [0.15, 0.2) is 44.0 Å². The first-order valence-electron chi connectivity index (χ1n) is 9.83. The number of primary amides is 1.